The van der Waals surface area contributed by atoms with Gasteiger partial charge in [-0.1, -0.05) is 24.6 Å². The third-order valence-corrected chi connectivity index (χ3v) is 4.53. The van der Waals surface area contributed by atoms with Gasteiger partial charge in [-0.3, -0.25) is 10.2 Å². The van der Waals surface area contributed by atoms with E-state index in [9.17, 15) is 9.90 Å². The number of nitrogens with one attached hydrogen (secondary N) is 2. The first kappa shape index (κ1) is 15.7. The van der Waals surface area contributed by atoms with Crippen molar-refractivity contribution in [3.63, 3.8) is 0 Å². The molecule has 1 fully saturated rings. The Bertz CT molecular complexity index is 895. The summed E-state index contributed by atoms with van der Waals surface area (Å²) in [6.45, 7) is 1.82. The van der Waals surface area contributed by atoms with Gasteiger partial charge in [0.2, 0.25) is 0 Å². The van der Waals surface area contributed by atoms with E-state index >= 15 is 0 Å². The molecule has 6 heteroatoms. The number of para-hydroxylation sites is 1. The number of imidazole rings is 1. The number of carbonyl (C=O) groups excluding carboxylic acids is 1. The highest BCUT2D eigenvalue weighted by Crippen LogP contribution is 2.26. The predicted octanol–water partition coefficient (Wildman–Crippen LogP) is 3.07. The van der Waals surface area contributed by atoms with Crippen LogP contribution in [0.3, 0.4) is 0 Å². The van der Waals surface area contributed by atoms with E-state index < -0.39 is 0 Å². The second kappa shape index (κ2) is 6.57. The summed E-state index contributed by atoms with van der Waals surface area (Å²) in [5, 5.41) is 11.9. The molecule has 1 amide bonds. The largest absolute Gasteiger partial charge is 0.506 e. The molecular formula is C19H20N4O2. The molecular weight excluding hydrogens is 316 g/mol. The van der Waals surface area contributed by atoms with Crippen molar-refractivity contribution in [2.24, 2.45) is 0 Å². The number of phenolic OH excluding ortho intramolecular Hbond substituents is 1. The molecule has 1 aliphatic rings. The van der Waals surface area contributed by atoms with Crippen LogP contribution in [0.25, 0.3) is 22.4 Å². The molecule has 1 aromatic heterocycles. The first-order valence-electron chi connectivity index (χ1n) is 8.55. The molecule has 2 aromatic carbocycles. The zero-order valence-corrected chi connectivity index (χ0v) is 13.8. The number of nitrogens with zero attached hydrogens (tertiary/aromatic N) is 2. The van der Waals surface area contributed by atoms with Crippen LogP contribution >= 0.6 is 0 Å². The minimum Gasteiger partial charge on any atom is -0.506 e. The Labute approximate surface area is 145 Å². The lowest BCUT2D eigenvalue weighted by molar-refractivity contribution is 0.0750. The van der Waals surface area contributed by atoms with Gasteiger partial charge in [-0.2, -0.15) is 0 Å². The number of piperidine rings is 1. The monoisotopic (exact) mass is 336 g/mol. The van der Waals surface area contributed by atoms with Crippen LogP contribution in [-0.2, 0) is 0 Å². The van der Waals surface area contributed by atoms with E-state index in [2.05, 4.69) is 15.4 Å². The second-order valence-electron chi connectivity index (χ2n) is 6.32. The van der Waals surface area contributed by atoms with Gasteiger partial charge in [0.1, 0.15) is 17.1 Å². The van der Waals surface area contributed by atoms with Crippen molar-refractivity contribution in [1.29, 1.82) is 0 Å². The first-order chi connectivity index (χ1) is 12.2. The van der Waals surface area contributed by atoms with Crippen LogP contribution in [0.4, 0.5) is 0 Å². The molecule has 0 saturated carbocycles. The third kappa shape index (κ3) is 3.21. The van der Waals surface area contributed by atoms with Gasteiger partial charge in [-0.05, 0) is 37.1 Å². The maximum atomic E-state index is 12.3. The van der Waals surface area contributed by atoms with Gasteiger partial charge in [-0.15, -0.1) is 0 Å². The number of hydrogen-bond acceptors (Lipinski definition) is 4. The SMILES string of the molecule is O=C(NN1CCCCC1)c1ccc(-c2nc3cccc(O)c3[nH]2)cc1. The molecule has 0 bridgehead atoms. The van der Waals surface area contributed by atoms with E-state index in [0.717, 1.165) is 31.5 Å². The molecule has 2 heterocycles. The fourth-order valence-corrected chi connectivity index (χ4v) is 3.15. The van der Waals surface area contributed by atoms with Gasteiger partial charge in [0.05, 0.1) is 5.52 Å². The fourth-order valence-electron chi connectivity index (χ4n) is 3.15. The molecule has 25 heavy (non-hydrogen) atoms. The number of benzene rings is 2. The topological polar surface area (TPSA) is 81.2 Å². The van der Waals surface area contributed by atoms with Gasteiger partial charge < -0.3 is 10.1 Å². The van der Waals surface area contributed by atoms with Crippen molar-refractivity contribution >= 4 is 16.9 Å². The predicted molar refractivity (Wildman–Crippen MR) is 96.1 cm³/mol. The van der Waals surface area contributed by atoms with Gasteiger partial charge >= 0.3 is 0 Å². The highest BCUT2D eigenvalue weighted by atomic mass is 16.3. The van der Waals surface area contributed by atoms with E-state index in [1.54, 1.807) is 24.3 Å². The number of hydrogen-bond donors (Lipinski definition) is 3. The van der Waals surface area contributed by atoms with E-state index in [4.69, 9.17) is 0 Å². The number of aromatic nitrogens is 2. The van der Waals surface area contributed by atoms with Crippen LogP contribution in [0.5, 0.6) is 5.75 Å². The lowest BCUT2D eigenvalue weighted by atomic mass is 10.1. The summed E-state index contributed by atoms with van der Waals surface area (Å²) in [4.78, 5) is 19.9. The molecule has 4 rings (SSSR count). The zero-order chi connectivity index (χ0) is 17.2. The Morgan fingerprint density at radius 2 is 1.84 bits per heavy atom. The van der Waals surface area contributed by atoms with E-state index in [0.29, 0.717) is 22.4 Å². The summed E-state index contributed by atoms with van der Waals surface area (Å²) >= 11 is 0. The molecule has 128 valence electrons. The zero-order valence-electron chi connectivity index (χ0n) is 13.8. The number of H-pyrrole nitrogens is 1. The number of fused-ring (bicyclic) bond motifs is 1. The summed E-state index contributed by atoms with van der Waals surface area (Å²) in [7, 11) is 0. The summed E-state index contributed by atoms with van der Waals surface area (Å²) in [6, 6.07) is 12.5. The minimum atomic E-state index is -0.0873. The molecule has 0 unspecified atom stereocenters. The number of aromatic hydroxyl groups is 1. The number of phenols is 1. The minimum absolute atomic E-state index is 0.0873. The van der Waals surface area contributed by atoms with Crippen LogP contribution in [0.2, 0.25) is 0 Å². The van der Waals surface area contributed by atoms with Crippen molar-refractivity contribution in [1.82, 2.24) is 20.4 Å². The highest BCUT2D eigenvalue weighted by molar-refractivity contribution is 5.94. The van der Waals surface area contributed by atoms with Crippen molar-refractivity contribution in [2.45, 2.75) is 19.3 Å². The number of carbonyl (C=O) groups is 1. The molecule has 3 N–H and O–H groups in total. The Hall–Kier alpha value is -2.86. The van der Waals surface area contributed by atoms with Crippen LogP contribution in [0.1, 0.15) is 29.6 Å². The van der Waals surface area contributed by atoms with Gasteiger partial charge in [-0.25, -0.2) is 9.99 Å². The van der Waals surface area contributed by atoms with Gasteiger partial charge in [0.25, 0.3) is 5.91 Å². The molecule has 0 aliphatic carbocycles. The van der Waals surface area contributed by atoms with Crippen molar-refractivity contribution in [3.8, 4) is 17.1 Å². The molecule has 1 saturated heterocycles. The van der Waals surface area contributed by atoms with Crippen LogP contribution in [0.15, 0.2) is 42.5 Å². The van der Waals surface area contributed by atoms with Crippen LogP contribution in [-0.4, -0.2) is 39.1 Å². The number of amides is 1. The Morgan fingerprint density at radius 3 is 2.56 bits per heavy atom. The second-order valence-corrected chi connectivity index (χ2v) is 6.32. The van der Waals surface area contributed by atoms with Crippen LogP contribution < -0.4 is 5.43 Å². The summed E-state index contributed by atoms with van der Waals surface area (Å²) < 4.78 is 0. The van der Waals surface area contributed by atoms with E-state index in [-0.39, 0.29) is 11.7 Å². The van der Waals surface area contributed by atoms with Crippen molar-refractivity contribution in [3.05, 3.63) is 48.0 Å². The molecule has 0 spiro atoms. The Kier molecular flexibility index (Phi) is 4.11. The number of hydrazine groups is 1. The Morgan fingerprint density at radius 1 is 1.08 bits per heavy atom. The first-order valence-corrected chi connectivity index (χ1v) is 8.55. The smallest absolute Gasteiger partial charge is 0.265 e. The number of aromatic amines is 1. The summed E-state index contributed by atoms with van der Waals surface area (Å²) in [5.41, 5.74) is 5.77. The van der Waals surface area contributed by atoms with E-state index in [1.807, 2.05) is 23.2 Å². The van der Waals surface area contributed by atoms with Crippen molar-refractivity contribution < 1.29 is 9.90 Å². The van der Waals surface area contributed by atoms with Gasteiger partial charge in [0, 0.05) is 24.2 Å². The number of rotatable bonds is 3. The average Bonchev–Trinajstić information content (AvgIpc) is 3.08. The Balaban J connectivity index is 1.52. The maximum Gasteiger partial charge on any atom is 0.265 e. The normalized spacial score (nSPS) is 15.4. The quantitative estimate of drug-likeness (QED) is 0.686. The lowest BCUT2D eigenvalue weighted by Gasteiger charge is -2.26. The third-order valence-electron chi connectivity index (χ3n) is 4.53. The summed E-state index contributed by atoms with van der Waals surface area (Å²) in [6.07, 6.45) is 3.48. The molecule has 3 aromatic rings. The van der Waals surface area contributed by atoms with Crippen molar-refractivity contribution in [2.75, 3.05) is 13.1 Å². The molecule has 1 aliphatic heterocycles. The van der Waals surface area contributed by atoms with Gasteiger partial charge in [0.15, 0.2) is 0 Å². The molecule has 6 nitrogen and oxygen atoms in total. The van der Waals surface area contributed by atoms with E-state index in [1.165, 1.54) is 6.42 Å². The molecule has 0 radical (unpaired) electrons. The summed E-state index contributed by atoms with van der Waals surface area (Å²) in [5.74, 6) is 0.754. The fraction of sp³-hybridized carbons (Fsp3) is 0.263. The highest BCUT2D eigenvalue weighted by Gasteiger charge is 2.14. The molecule has 0 atom stereocenters. The lowest BCUT2D eigenvalue weighted by Crippen LogP contribution is -2.45. The average molecular weight is 336 g/mol. The van der Waals surface area contributed by atoms with Crippen LogP contribution in [0, 0.1) is 0 Å². The standard InChI is InChI=1S/C19H20N4O2/c24-16-6-4-5-15-17(16)21-18(20-15)13-7-9-14(10-8-13)19(25)22-23-11-2-1-3-12-23/h4-10,24H,1-3,11-12H2,(H,20,21)(H,22,25). The maximum absolute atomic E-state index is 12.3.